The number of urea groups is 1. The molecule has 0 spiro atoms. The lowest BCUT2D eigenvalue weighted by atomic mass is 9.91. The lowest BCUT2D eigenvalue weighted by Gasteiger charge is -2.49. The molecule has 2 atom stereocenters. The molecule has 0 unspecified atom stereocenters. The molecule has 0 radical (unpaired) electrons. The molecular weight excluding hydrogens is 348 g/mol. The van der Waals surface area contributed by atoms with Crippen molar-refractivity contribution in [2.75, 3.05) is 26.3 Å². The molecule has 134 valence electrons. The Kier molecular flexibility index (Phi) is 3.90. The Bertz CT molecular complexity index is 696. The van der Waals surface area contributed by atoms with Gasteiger partial charge in [0.25, 0.3) is 11.8 Å². The van der Waals surface area contributed by atoms with Crippen LogP contribution in [0.15, 0.2) is 0 Å². The molecule has 3 saturated heterocycles. The number of carbonyl (C=O) groups excluding carboxylic acids is 3. The number of amides is 4. The topological polar surface area (TPSA) is 160 Å². The molecule has 3 N–H and O–H groups in total. The normalized spacial score (nSPS) is 30.9. The van der Waals surface area contributed by atoms with Crippen LogP contribution in [-0.4, -0.2) is 83.7 Å². The molecule has 3 aliphatic heterocycles. The maximum absolute atomic E-state index is 12.5. The van der Waals surface area contributed by atoms with Crippen LogP contribution in [0.1, 0.15) is 12.8 Å². The molecule has 0 aromatic rings. The quantitative estimate of drug-likeness (QED) is 0.525. The summed E-state index contributed by atoms with van der Waals surface area (Å²) in [5.74, 6) is -1.40. The third-order valence-corrected chi connectivity index (χ3v) is 4.77. The van der Waals surface area contributed by atoms with Crippen molar-refractivity contribution >= 4 is 28.2 Å². The summed E-state index contributed by atoms with van der Waals surface area (Å²) in [5, 5.41) is 0.491. The first-order valence-corrected chi connectivity index (χ1v) is 8.49. The molecule has 0 aliphatic carbocycles. The van der Waals surface area contributed by atoms with E-state index in [2.05, 4.69) is 4.28 Å². The molecule has 13 heteroatoms. The van der Waals surface area contributed by atoms with Gasteiger partial charge in [0.1, 0.15) is 6.61 Å². The molecule has 12 nitrogen and oxygen atoms in total. The minimum Gasteiger partial charge on any atom is -0.370 e. The Morgan fingerprint density at radius 3 is 2.67 bits per heavy atom. The lowest BCUT2D eigenvalue weighted by molar-refractivity contribution is -0.170. The number of hydroxylamine groups is 2. The van der Waals surface area contributed by atoms with Crippen LogP contribution < -0.4 is 5.73 Å². The highest BCUT2D eigenvalue weighted by Crippen LogP contribution is 2.40. The van der Waals surface area contributed by atoms with E-state index >= 15 is 0 Å². The van der Waals surface area contributed by atoms with Crippen molar-refractivity contribution < 1.29 is 36.4 Å². The first-order chi connectivity index (χ1) is 11.2. The smallest absolute Gasteiger partial charge is 0.370 e. The van der Waals surface area contributed by atoms with Gasteiger partial charge in [-0.15, -0.1) is 4.28 Å². The van der Waals surface area contributed by atoms with Crippen LogP contribution in [0.25, 0.3) is 0 Å². The first kappa shape index (κ1) is 16.9. The molecule has 24 heavy (non-hydrogen) atoms. The molecular formula is C11H16N4O8S. The third-order valence-electron chi connectivity index (χ3n) is 4.42. The van der Waals surface area contributed by atoms with Crippen molar-refractivity contribution in [3.63, 3.8) is 0 Å². The predicted octanol–water partition coefficient (Wildman–Crippen LogP) is -2.34. The van der Waals surface area contributed by atoms with Crippen LogP contribution >= 0.6 is 0 Å². The standard InChI is InChI=1S/C11H16N4O8S/c12-9(17)11(13-3-4-22-6-8(13)16)2-1-7-5-14(11)10(18)15(7)23-24(19,20)21/h7H,1-6H2,(H2,12,17)(H,19,20,21)/t7-,11+/m1/s1. The van der Waals surface area contributed by atoms with Gasteiger partial charge in [-0.3, -0.25) is 19.0 Å². The number of nitrogens with zero attached hydrogens (tertiary/aromatic N) is 3. The number of rotatable bonds is 4. The first-order valence-electron chi connectivity index (χ1n) is 7.13. The SMILES string of the molecule is NC(=O)[C@]1(N2CCOCC2=O)CC[C@@H]2CN1C(=O)N2OS(=O)(=O)O. The second-order valence-electron chi connectivity index (χ2n) is 5.69. The maximum atomic E-state index is 12.5. The molecule has 3 fully saturated rings. The molecule has 0 aromatic heterocycles. The van der Waals surface area contributed by atoms with Crippen LogP contribution in [0.3, 0.4) is 0 Å². The summed E-state index contributed by atoms with van der Waals surface area (Å²) in [5.41, 5.74) is 3.80. The summed E-state index contributed by atoms with van der Waals surface area (Å²) in [6.07, 6.45) is 0.182. The predicted molar refractivity (Wildman–Crippen MR) is 74.1 cm³/mol. The highest BCUT2D eigenvalue weighted by molar-refractivity contribution is 7.80. The second-order valence-corrected chi connectivity index (χ2v) is 6.70. The summed E-state index contributed by atoms with van der Waals surface area (Å²) in [7, 11) is -4.91. The van der Waals surface area contributed by atoms with Crippen LogP contribution in [0.4, 0.5) is 4.79 Å². The van der Waals surface area contributed by atoms with Crippen molar-refractivity contribution in [3.05, 3.63) is 0 Å². The van der Waals surface area contributed by atoms with Crippen LogP contribution in [0.2, 0.25) is 0 Å². The van der Waals surface area contributed by atoms with E-state index in [1.165, 1.54) is 4.90 Å². The van der Waals surface area contributed by atoms with E-state index in [9.17, 15) is 22.8 Å². The highest BCUT2D eigenvalue weighted by atomic mass is 32.3. The van der Waals surface area contributed by atoms with Crippen LogP contribution in [0, 0.1) is 0 Å². The fraction of sp³-hybridized carbons (Fsp3) is 0.727. The van der Waals surface area contributed by atoms with Crippen molar-refractivity contribution in [2.24, 2.45) is 5.73 Å². The molecule has 3 aliphatic rings. The van der Waals surface area contributed by atoms with Crippen molar-refractivity contribution in [1.82, 2.24) is 14.9 Å². The molecule has 0 saturated carbocycles. The number of primary amides is 1. The lowest BCUT2D eigenvalue weighted by Crippen LogP contribution is -2.72. The van der Waals surface area contributed by atoms with Crippen molar-refractivity contribution in [2.45, 2.75) is 24.5 Å². The summed E-state index contributed by atoms with van der Waals surface area (Å²) < 4.78 is 40.0. The number of hydrogen-bond acceptors (Lipinski definition) is 7. The molecule has 3 heterocycles. The van der Waals surface area contributed by atoms with Gasteiger partial charge in [0, 0.05) is 19.5 Å². The fourth-order valence-electron chi connectivity index (χ4n) is 3.43. The Labute approximate surface area is 136 Å². The average Bonchev–Trinajstić information content (AvgIpc) is 2.73. The van der Waals surface area contributed by atoms with E-state index < -0.39 is 39.9 Å². The van der Waals surface area contributed by atoms with E-state index in [0.29, 0.717) is 5.06 Å². The highest BCUT2D eigenvalue weighted by Gasteiger charge is 2.61. The number of morpholine rings is 1. The van der Waals surface area contributed by atoms with Gasteiger partial charge in [0.05, 0.1) is 12.6 Å². The second kappa shape index (κ2) is 5.54. The van der Waals surface area contributed by atoms with Crippen LogP contribution in [-0.2, 0) is 29.0 Å². The molecule has 0 aromatic carbocycles. The maximum Gasteiger partial charge on any atom is 0.418 e. The summed E-state index contributed by atoms with van der Waals surface area (Å²) in [6, 6.07) is -1.66. The van der Waals surface area contributed by atoms with E-state index in [0.717, 1.165) is 4.90 Å². The van der Waals surface area contributed by atoms with Gasteiger partial charge in [0.2, 0.25) is 0 Å². The fourth-order valence-corrected chi connectivity index (χ4v) is 3.82. The summed E-state index contributed by atoms with van der Waals surface area (Å²) in [6.45, 7) is -0.0690. The molecule has 4 amide bonds. The molecule has 3 rings (SSSR count). The number of hydrogen-bond donors (Lipinski definition) is 2. The van der Waals surface area contributed by atoms with Crippen molar-refractivity contribution in [1.29, 1.82) is 0 Å². The monoisotopic (exact) mass is 364 g/mol. The number of nitrogens with two attached hydrogens (primary N) is 1. The van der Waals surface area contributed by atoms with E-state index in [1.54, 1.807) is 0 Å². The summed E-state index contributed by atoms with van der Waals surface area (Å²) >= 11 is 0. The van der Waals surface area contributed by atoms with Gasteiger partial charge in [-0.05, 0) is 6.42 Å². The van der Waals surface area contributed by atoms with Gasteiger partial charge in [-0.25, -0.2) is 4.79 Å². The van der Waals surface area contributed by atoms with E-state index in [1.807, 2.05) is 0 Å². The third kappa shape index (κ3) is 2.49. The number of piperidine rings is 1. The largest absolute Gasteiger partial charge is 0.418 e. The van der Waals surface area contributed by atoms with Gasteiger partial charge in [-0.1, -0.05) is 0 Å². The Hall–Kier alpha value is -1.96. The number of fused-ring (bicyclic) bond motifs is 2. The molecule has 2 bridgehead atoms. The van der Waals surface area contributed by atoms with Gasteiger partial charge in [-0.2, -0.15) is 13.5 Å². The zero-order valence-corrected chi connectivity index (χ0v) is 13.3. The van der Waals surface area contributed by atoms with E-state index in [4.69, 9.17) is 15.0 Å². The zero-order valence-electron chi connectivity index (χ0n) is 12.5. The minimum absolute atomic E-state index is 0.0236. The number of ether oxygens (including phenoxy) is 1. The number of carbonyl (C=O) groups is 3. The Morgan fingerprint density at radius 2 is 2.08 bits per heavy atom. The van der Waals surface area contributed by atoms with Gasteiger partial charge < -0.3 is 15.4 Å². The summed E-state index contributed by atoms with van der Waals surface area (Å²) in [4.78, 5) is 39.1. The zero-order chi connectivity index (χ0) is 17.7. The Balaban J connectivity index is 1.97. The van der Waals surface area contributed by atoms with Gasteiger partial charge in [0.15, 0.2) is 5.66 Å². The average molecular weight is 364 g/mol. The van der Waals surface area contributed by atoms with Crippen molar-refractivity contribution in [3.8, 4) is 0 Å². The Morgan fingerprint density at radius 1 is 1.38 bits per heavy atom. The van der Waals surface area contributed by atoms with E-state index in [-0.39, 0.29) is 39.1 Å². The van der Waals surface area contributed by atoms with Gasteiger partial charge >= 0.3 is 16.4 Å². The van der Waals surface area contributed by atoms with Crippen LogP contribution in [0.5, 0.6) is 0 Å². The minimum atomic E-state index is -4.91.